The Hall–Kier alpha value is -3.03. The summed E-state index contributed by atoms with van der Waals surface area (Å²) in [6, 6.07) is 4.43. The number of benzene rings is 1. The molecule has 1 aromatic heterocycles. The van der Waals surface area contributed by atoms with E-state index in [0.29, 0.717) is 11.5 Å². The molecular weight excluding hydrogens is 330 g/mol. The molecule has 0 saturated heterocycles. The SMILES string of the molecule is Cc1cc(N)nc(C)c1CNC(=O)[C@H](C(N)=O)c1ccc(F)c(F)c1. The van der Waals surface area contributed by atoms with Gasteiger partial charge in [-0.05, 0) is 48.7 Å². The van der Waals surface area contributed by atoms with E-state index in [2.05, 4.69) is 10.3 Å². The number of nitrogen functional groups attached to an aromatic ring is 1. The van der Waals surface area contributed by atoms with Crippen LogP contribution in [0.1, 0.15) is 28.3 Å². The van der Waals surface area contributed by atoms with E-state index >= 15 is 0 Å². The van der Waals surface area contributed by atoms with Gasteiger partial charge in [-0.1, -0.05) is 6.07 Å². The number of nitrogens with one attached hydrogen (secondary N) is 1. The fourth-order valence-corrected chi connectivity index (χ4v) is 2.57. The molecule has 25 heavy (non-hydrogen) atoms. The van der Waals surface area contributed by atoms with Gasteiger partial charge in [-0.15, -0.1) is 0 Å². The molecule has 0 spiro atoms. The minimum Gasteiger partial charge on any atom is -0.384 e. The second-order valence-corrected chi connectivity index (χ2v) is 5.65. The molecule has 0 radical (unpaired) electrons. The number of halogens is 2. The van der Waals surface area contributed by atoms with Crippen LogP contribution in [0.4, 0.5) is 14.6 Å². The molecule has 0 aliphatic rings. The number of amides is 2. The zero-order valence-electron chi connectivity index (χ0n) is 13.8. The fraction of sp³-hybridized carbons (Fsp3) is 0.235. The molecule has 2 aromatic rings. The molecule has 1 atom stereocenters. The number of aromatic nitrogens is 1. The highest BCUT2D eigenvalue weighted by molar-refractivity contribution is 6.05. The summed E-state index contributed by atoms with van der Waals surface area (Å²) < 4.78 is 26.4. The summed E-state index contributed by atoms with van der Waals surface area (Å²) in [7, 11) is 0. The molecular formula is C17H18F2N4O2. The first-order chi connectivity index (χ1) is 11.7. The topological polar surface area (TPSA) is 111 Å². The summed E-state index contributed by atoms with van der Waals surface area (Å²) in [6.45, 7) is 3.65. The van der Waals surface area contributed by atoms with Crippen molar-refractivity contribution < 1.29 is 18.4 Å². The van der Waals surface area contributed by atoms with Crippen molar-refractivity contribution in [2.45, 2.75) is 26.3 Å². The van der Waals surface area contributed by atoms with Crippen LogP contribution in [-0.4, -0.2) is 16.8 Å². The third-order valence-corrected chi connectivity index (χ3v) is 3.84. The number of carbonyl (C=O) groups excluding carboxylic acids is 2. The number of aryl methyl sites for hydroxylation is 2. The van der Waals surface area contributed by atoms with Gasteiger partial charge in [0.25, 0.3) is 0 Å². The molecule has 0 aliphatic carbocycles. The molecule has 1 aromatic carbocycles. The van der Waals surface area contributed by atoms with E-state index in [1.54, 1.807) is 13.0 Å². The molecule has 8 heteroatoms. The predicted molar refractivity (Wildman–Crippen MR) is 88.3 cm³/mol. The maximum atomic E-state index is 13.4. The molecule has 5 N–H and O–H groups in total. The lowest BCUT2D eigenvalue weighted by molar-refractivity contribution is -0.130. The Kier molecular flexibility index (Phi) is 5.31. The van der Waals surface area contributed by atoms with Gasteiger partial charge in [-0.2, -0.15) is 0 Å². The van der Waals surface area contributed by atoms with Crippen molar-refractivity contribution >= 4 is 17.6 Å². The van der Waals surface area contributed by atoms with Gasteiger partial charge in [-0.25, -0.2) is 13.8 Å². The summed E-state index contributed by atoms with van der Waals surface area (Å²) >= 11 is 0. The maximum absolute atomic E-state index is 13.4. The fourth-order valence-electron chi connectivity index (χ4n) is 2.57. The minimum absolute atomic E-state index is 0.0206. The number of primary amides is 1. The highest BCUT2D eigenvalue weighted by Gasteiger charge is 2.27. The number of nitrogens with zero attached hydrogens (tertiary/aromatic N) is 1. The van der Waals surface area contributed by atoms with Gasteiger partial charge in [0, 0.05) is 12.2 Å². The van der Waals surface area contributed by atoms with Crippen LogP contribution >= 0.6 is 0 Å². The van der Waals surface area contributed by atoms with Crippen molar-refractivity contribution in [3.05, 3.63) is 58.3 Å². The second-order valence-electron chi connectivity index (χ2n) is 5.65. The maximum Gasteiger partial charge on any atom is 0.237 e. The average Bonchev–Trinajstić information content (AvgIpc) is 2.49. The molecule has 0 fully saturated rings. The zero-order valence-corrected chi connectivity index (χ0v) is 13.8. The van der Waals surface area contributed by atoms with E-state index < -0.39 is 29.4 Å². The summed E-state index contributed by atoms with van der Waals surface area (Å²) in [5.74, 6) is -4.99. The third kappa shape index (κ3) is 4.09. The number of hydrogen-bond acceptors (Lipinski definition) is 4. The Morgan fingerprint density at radius 1 is 1.20 bits per heavy atom. The average molecular weight is 348 g/mol. The van der Waals surface area contributed by atoms with Crippen LogP contribution < -0.4 is 16.8 Å². The summed E-state index contributed by atoms with van der Waals surface area (Å²) in [5.41, 5.74) is 13.1. The van der Waals surface area contributed by atoms with Crippen LogP contribution in [0.25, 0.3) is 0 Å². The molecule has 0 unspecified atom stereocenters. The van der Waals surface area contributed by atoms with Crippen molar-refractivity contribution in [3.8, 4) is 0 Å². The first-order valence-electron chi connectivity index (χ1n) is 7.45. The molecule has 1 heterocycles. The van der Waals surface area contributed by atoms with E-state index in [1.165, 1.54) is 0 Å². The van der Waals surface area contributed by atoms with E-state index in [-0.39, 0.29) is 12.1 Å². The zero-order chi connectivity index (χ0) is 18.7. The number of carbonyl (C=O) groups is 2. The van der Waals surface area contributed by atoms with E-state index in [1.807, 2.05) is 6.92 Å². The molecule has 2 amide bonds. The van der Waals surface area contributed by atoms with Crippen molar-refractivity contribution in [3.63, 3.8) is 0 Å². The summed E-state index contributed by atoms with van der Waals surface area (Å²) in [5, 5.41) is 2.58. The monoisotopic (exact) mass is 348 g/mol. The van der Waals surface area contributed by atoms with Crippen LogP contribution in [0.5, 0.6) is 0 Å². The Morgan fingerprint density at radius 3 is 2.44 bits per heavy atom. The minimum atomic E-state index is -1.43. The Bertz CT molecular complexity index is 816. The highest BCUT2D eigenvalue weighted by Crippen LogP contribution is 2.20. The van der Waals surface area contributed by atoms with Crippen molar-refractivity contribution in [1.29, 1.82) is 0 Å². The molecule has 0 aliphatic heterocycles. The number of anilines is 1. The molecule has 132 valence electrons. The van der Waals surface area contributed by atoms with E-state index in [4.69, 9.17) is 11.5 Å². The lowest BCUT2D eigenvalue weighted by atomic mass is 9.97. The number of nitrogens with two attached hydrogens (primary N) is 2. The first-order valence-corrected chi connectivity index (χ1v) is 7.45. The Morgan fingerprint density at radius 2 is 1.88 bits per heavy atom. The van der Waals surface area contributed by atoms with Crippen molar-refractivity contribution in [1.82, 2.24) is 10.3 Å². The van der Waals surface area contributed by atoms with Gasteiger partial charge in [0.05, 0.1) is 0 Å². The number of pyridine rings is 1. The molecule has 0 saturated carbocycles. The van der Waals surface area contributed by atoms with Crippen LogP contribution in [0.15, 0.2) is 24.3 Å². The highest BCUT2D eigenvalue weighted by atomic mass is 19.2. The second kappa shape index (κ2) is 7.25. The molecule has 6 nitrogen and oxygen atoms in total. The largest absolute Gasteiger partial charge is 0.384 e. The smallest absolute Gasteiger partial charge is 0.237 e. The first kappa shape index (κ1) is 18.3. The van der Waals surface area contributed by atoms with Crippen LogP contribution in [0.3, 0.4) is 0 Å². The van der Waals surface area contributed by atoms with Crippen LogP contribution in [0.2, 0.25) is 0 Å². The normalized spacial score (nSPS) is 11.8. The van der Waals surface area contributed by atoms with E-state index in [0.717, 1.165) is 29.3 Å². The quantitative estimate of drug-likeness (QED) is 0.710. The summed E-state index contributed by atoms with van der Waals surface area (Å²) in [6.07, 6.45) is 0. The van der Waals surface area contributed by atoms with Gasteiger partial charge in [-0.3, -0.25) is 9.59 Å². The molecule has 0 bridgehead atoms. The number of rotatable bonds is 5. The predicted octanol–water partition coefficient (Wildman–Crippen LogP) is 1.44. The van der Waals surface area contributed by atoms with Crippen LogP contribution in [-0.2, 0) is 16.1 Å². The van der Waals surface area contributed by atoms with Crippen molar-refractivity contribution in [2.75, 3.05) is 5.73 Å². The van der Waals surface area contributed by atoms with Crippen molar-refractivity contribution in [2.24, 2.45) is 5.73 Å². The Balaban J connectivity index is 2.22. The number of hydrogen-bond donors (Lipinski definition) is 3. The van der Waals surface area contributed by atoms with Gasteiger partial charge in [0.2, 0.25) is 11.8 Å². The lowest BCUT2D eigenvalue weighted by Gasteiger charge is -2.16. The van der Waals surface area contributed by atoms with Crippen LogP contribution in [0, 0.1) is 25.5 Å². The Labute approximate surface area is 143 Å². The molecule has 2 rings (SSSR count). The lowest BCUT2D eigenvalue weighted by Crippen LogP contribution is -2.37. The van der Waals surface area contributed by atoms with Gasteiger partial charge in [0.15, 0.2) is 11.6 Å². The standard InChI is InChI=1S/C17H18F2N4O2/c1-8-5-14(20)23-9(2)11(8)7-22-17(25)15(16(21)24)10-3-4-12(18)13(19)6-10/h3-6,15H,7H2,1-2H3,(H2,20,23)(H2,21,24)(H,22,25)/t15-/m0/s1. The van der Waals surface area contributed by atoms with Gasteiger partial charge in [0.1, 0.15) is 11.7 Å². The van der Waals surface area contributed by atoms with E-state index in [9.17, 15) is 18.4 Å². The summed E-state index contributed by atoms with van der Waals surface area (Å²) in [4.78, 5) is 28.1. The van der Waals surface area contributed by atoms with Gasteiger partial charge < -0.3 is 16.8 Å². The third-order valence-electron chi connectivity index (χ3n) is 3.84. The van der Waals surface area contributed by atoms with Gasteiger partial charge >= 0.3 is 0 Å².